The fourth-order valence-corrected chi connectivity index (χ4v) is 2.25. The van der Waals surface area contributed by atoms with Gasteiger partial charge >= 0.3 is 11.9 Å². The Balaban J connectivity index is 2.54. The van der Waals surface area contributed by atoms with Crippen molar-refractivity contribution < 1.29 is 23.5 Å². The van der Waals surface area contributed by atoms with Crippen molar-refractivity contribution in [2.45, 2.75) is 39.2 Å². The van der Waals surface area contributed by atoms with Crippen molar-refractivity contribution in [3.8, 4) is 0 Å². The number of furan rings is 1. The predicted molar refractivity (Wildman–Crippen MR) is 87.0 cm³/mol. The first-order chi connectivity index (χ1) is 10.9. The van der Waals surface area contributed by atoms with Crippen LogP contribution in [0.3, 0.4) is 0 Å². The second-order valence-electron chi connectivity index (χ2n) is 5.56. The minimum absolute atomic E-state index is 0.294. The molecule has 2 atom stereocenters. The molecule has 1 aromatic rings. The second kappa shape index (κ2) is 8.98. The number of ether oxygens (including phenoxy) is 2. The maximum absolute atomic E-state index is 11.4. The third-order valence-electron chi connectivity index (χ3n) is 3.53. The van der Waals surface area contributed by atoms with Crippen LogP contribution in [0.2, 0.25) is 0 Å². The number of hydrogen-bond donors (Lipinski definition) is 0. The molecule has 5 nitrogen and oxygen atoms in total. The zero-order valence-corrected chi connectivity index (χ0v) is 14.0. The van der Waals surface area contributed by atoms with Gasteiger partial charge < -0.3 is 13.9 Å². The molecule has 0 aliphatic heterocycles. The molecule has 0 saturated heterocycles. The summed E-state index contributed by atoms with van der Waals surface area (Å²) in [6, 6.07) is 1.69. The number of esters is 2. The molecule has 0 spiro atoms. The third-order valence-corrected chi connectivity index (χ3v) is 3.53. The van der Waals surface area contributed by atoms with Crippen LogP contribution in [0.5, 0.6) is 0 Å². The molecule has 0 radical (unpaired) electrons. The largest absolute Gasteiger partial charge is 0.468 e. The molecule has 0 N–H and O–H groups in total. The van der Waals surface area contributed by atoms with Gasteiger partial charge in [0.1, 0.15) is 18.1 Å². The van der Waals surface area contributed by atoms with Gasteiger partial charge in [0.05, 0.1) is 12.7 Å². The number of rotatable bonds is 9. The van der Waals surface area contributed by atoms with Gasteiger partial charge in [-0.3, -0.25) is 4.79 Å². The lowest BCUT2D eigenvalue weighted by Gasteiger charge is -2.19. The molecule has 0 aromatic carbocycles. The van der Waals surface area contributed by atoms with Crippen molar-refractivity contribution in [3.63, 3.8) is 0 Å². The van der Waals surface area contributed by atoms with Crippen LogP contribution in [0, 0.1) is 5.92 Å². The van der Waals surface area contributed by atoms with Gasteiger partial charge in [-0.2, -0.15) is 0 Å². The summed E-state index contributed by atoms with van der Waals surface area (Å²) in [4.78, 5) is 22.5. The van der Waals surface area contributed by atoms with Crippen LogP contribution in [0.15, 0.2) is 41.6 Å². The molecule has 0 aliphatic carbocycles. The summed E-state index contributed by atoms with van der Waals surface area (Å²) in [5.41, 5.74) is 1.10. The lowest BCUT2D eigenvalue weighted by molar-refractivity contribution is -0.144. The summed E-state index contributed by atoms with van der Waals surface area (Å²) < 4.78 is 15.3. The van der Waals surface area contributed by atoms with E-state index in [4.69, 9.17) is 9.15 Å². The summed E-state index contributed by atoms with van der Waals surface area (Å²) in [7, 11) is 1.33. The fourth-order valence-electron chi connectivity index (χ4n) is 2.25. The average molecular weight is 320 g/mol. The number of methoxy groups -OCH3 is 1. The predicted octanol–water partition coefficient (Wildman–Crippen LogP) is 3.70. The van der Waals surface area contributed by atoms with Crippen LogP contribution in [0.1, 0.15) is 42.8 Å². The van der Waals surface area contributed by atoms with E-state index >= 15 is 0 Å². The molecule has 1 aromatic heterocycles. The van der Waals surface area contributed by atoms with Crippen molar-refractivity contribution in [1.29, 1.82) is 0 Å². The summed E-state index contributed by atoms with van der Waals surface area (Å²) in [6.45, 7) is 11.0. The van der Waals surface area contributed by atoms with Gasteiger partial charge in [-0.1, -0.05) is 26.2 Å². The van der Waals surface area contributed by atoms with Crippen LogP contribution >= 0.6 is 0 Å². The van der Waals surface area contributed by atoms with Crippen LogP contribution in [-0.4, -0.2) is 25.2 Å². The van der Waals surface area contributed by atoms with E-state index in [1.807, 2.05) is 0 Å². The van der Waals surface area contributed by atoms with Crippen molar-refractivity contribution in [1.82, 2.24) is 0 Å². The van der Waals surface area contributed by atoms with Gasteiger partial charge in [-0.05, 0) is 30.4 Å². The Bertz CT molecular complexity index is 570. The summed E-state index contributed by atoms with van der Waals surface area (Å²) >= 11 is 0. The maximum Gasteiger partial charge on any atom is 0.341 e. The first kappa shape index (κ1) is 18.7. The molecule has 1 rings (SSSR count). The Labute approximate surface area is 137 Å². The summed E-state index contributed by atoms with van der Waals surface area (Å²) in [6.07, 6.45) is 4.82. The van der Waals surface area contributed by atoms with E-state index in [0.717, 1.165) is 12.2 Å². The standard InChI is InChI=1S/C18H24O5/c1-6-13(3)17(23-14(4)19)8-7-12(2)9-16-10-15(11-22-16)18(20)21-5/h6,10-12,17H,1,3,7-9H2,2,4-5H3/t12-,17+/m1/s1. The van der Waals surface area contributed by atoms with E-state index in [9.17, 15) is 9.59 Å². The molecule has 0 amide bonds. The van der Waals surface area contributed by atoms with Gasteiger partial charge in [0.15, 0.2) is 0 Å². The molecule has 23 heavy (non-hydrogen) atoms. The second-order valence-corrected chi connectivity index (χ2v) is 5.56. The van der Waals surface area contributed by atoms with Gasteiger partial charge in [0.2, 0.25) is 0 Å². The highest BCUT2D eigenvalue weighted by molar-refractivity contribution is 5.88. The lowest BCUT2D eigenvalue weighted by Crippen LogP contribution is -2.19. The summed E-state index contributed by atoms with van der Waals surface area (Å²) in [5, 5.41) is 0. The average Bonchev–Trinajstić information content (AvgIpc) is 2.97. The van der Waals surface area contributed by atoms with Gasteiger partial charge in [-0.15, -0.1) is 0 Å². The van der Waals surface area contributed by atoms with E-state index in [-0.39, 0.29) is 12.1 Å². The number of carbonyl (C=O) groups is 2. The molecular formula is C18H24O5. The zero-order chi connectivity index (χ0) is 17.4. The highest BCUT2D eigenvalue weighted by Crippen LogP contribution is 2.21. The van der Waals surface area contributed by atoms with Crippen molar-refractivity contribution in [2.24, 2.45) is 5.92 Å². The third kappa shape index (κ3) is 6.14. The van der Waals surface area contributed by atoms with E-state index in [1.54, 1.807) is 12.1 Å². The van der Waals surface area contributed by atoms with Gasteiger partial charge in [0, 0.05) is 13.3 Å². The molecule has 5 heteroatoms. The smallest absolute Gasteiger partial charge is 0.341 e. The minimum Gasteiger partial charge on any atom is -0.468 e. The van der Waals surface area contributed by atoms with Crippen LogP contribution in [0.4, 0.5) is 0 Å². The topological polar surface area (TPSA) is 65.7 Å². The molecule has 0 fully saturated rings. The molecule has 0 bridgehead atoms. The zero-order valence-electron chi connectivity index (χ0n) is 14.0. The molecular weight excluding hydrogens is 296 g/mol. The van der Waals surface area contributed by atoms with Crippen molar-refractivity contribution in [2.75, 3.05) is 7.11 Å². The Hall–Kier alpha value is -2.30. The van der Waals surface area contributed by atoms with Gasteiger partial charge in [0.25, 0.3) is 0 Å². The molecule has 1 heterocycles. The normalized spacial score (nSPS) is 13.0. The van der Waals surface area contributed by atoms with Crippen LogP contribution < -0.4 is 0 Å². The molecule has 126 valence electrons. The van der Waals surface area contributed by atoms with Gasteiger partial charge in [-0.25, -0.2) is 4.79 Å². The van der Waals surface area contributed by atoms with Crippen molar-refractivity contribution in [3.05, 3.63) is 48.5 Å². The van der Waals surface area contributed by atoms with E-state index in [2.05, 4.69) is 24.8 Å². The highest BCUT2D eigenvalue weighted by Gasteiger charge is 2.17. The fraction of sp³-hybridized carbons (Fsp3) is 0.444. The van der Waals surface area contributed by atoms with E-state index < -0.39 is 5.97 Å². The Morgan fingerprint density at radius 2 is 2.09 bits per heavy atom. The monoisotopic (exact) mass is 320 g/mol. The van der Waals surface area contributed by atoms with E-state index in [0.29, 0.717) is 29.9 Å². The lowest BCUT2D eigenvalue weighted by atomic mass is 9.96. The minimum atomic E-state index is -0.412. The first-order valence-electron chi connectivity index (χ1n) is 7.51. The highest BCUT2D eigenvalue weighted by atomic mass is 16.5. The number of hydrogen-bond acceptors (Lipinski definition) is 5. The number of carbonyl (C=O) groups excluding carboxylic acids is 2. The Kier molecular flexibility index (Phi) is 7.32. The Morgan fingerprint density at radius 3 is 2.65 bits per heavy atom. The van der Waals surface area contributed by atoms with E-state index in [1.165, 1.54) is 20.3 Å². The molecule has 0 aliphatic rings. The van der Waals surface area contributed by atoms with Crippen molar-refractivity contribution >= 4 is 11.9 Å². The first-order valence-corrected chi connectivity index (χ1v) is 7.51. The summed E-state index contributed by atoms with van der Waals surface area (Å²) in [5.74, 6) is 0.274. The van der Waals surface area contributed by atoms with Crippen LogP contribution in [0.25, 0.3) is 0 Å². The Morgan fingerprint density at radius 1 is 1.39 bits per heavy atom. The molecule has 0 unspecified atom stereocenters. The quantitative estimate of drug-likeness (QED) is 0.513. The maximum atomic E-state index is 11.4. The SMILES string of the molecule is C=CC(=C)[C@H](CC[C@@H](C)Cc1cc(C(=O)OC)co1)OC(C)=O. The van der Waals surface area contributed by atoms with Crippen LogP contribution in [-0.2, 0) is 20.7 Å². The molecule has 0 saturated carbocycles.